The van der Waals surface area contributed by atoms with Crippen molar-refractivity contribution in [3.05, 3.63) is 45.9 Å². The highest BCUT2D eigenvalue weighted by Crippen LogP contribution is 2.54. The maximum absolute atomic E-state index is 9.46. The third kappa shape index (κ3) is 2.36. The van der Waals surface area contributed by atoms with Crippen molar-refractivity contribution in [2.45, 2.75) is 37.0 Å². The van der Waals surface area contributed by atoms with E-state index < -0.39 is 0 Å². The second-order valence-corrected chi connectivity index (χ2v) is 6.95. The van der Waals surface area contributed by atoms with Crippen molar-refractivity contribution in [2.24, 2.45) is 0 Å². The fourth-order valence-electron chi connectivity index (χ4n) is 3.22. The summed E-state index contributed by atoms with van der Waals surface area (Å²) >= 11 is 1.80. The first-order valence-corrected chi connectivity index (χ1v) is 8.49. The van der Waals surface area contributed by atoms with E-state index >= 15 is 0 Å². The minimum Gasteiger partial charge on any atom is -0.508 e. The number of aromatic nitrogens is 1. The summed E-state index contributed by atoms with van der Waals surface area (Å²) in [6, 6.07) is 7.64. The number of hydrogen-bond donors (Lipinski definition) is 1. The molecule has 2 aliphatic rings. The summed E-state index contributed by atoms with van der Waals surface area (Å²) in [6.07, 6.45) is 4.52. The van der Waals surface area contributed by atoms with Gasteiger partial charge in [-0.2, -0.15) is 0 Å². The van der Waals surface area contributed by atoms with Gasteiger partial charge in [-0.15, -0.1) is 11.3 Å². The van der Waals surface area contributed by atoms with Crippen LogP contribution in [-0.2, 0) is 10.2 Å². The van der Waals surface area contributed by atoms with Crippen molar-refractivity contribution in [3.8, 4) is 5.75 Å². The van der Waals surface area contributed by atoms with Crippen LogP contribution in [0.1, 0.15) is 47.9 Å². The zero-order chi connectivity index (χ0) is 14.3. The number of ether oxygens (including phenoxy) is 1. The number of rotatable bonds is 3. The molecule has 4 rings (SSSR count). The molecular weight excluding hydrogens is 282 g/mol. The Kier molecular flexibility index (Phi) is 3.23. The molecule has 1 aromatic heterocycles. The van der Waals surface area contributed by atoms with Gasteiger partial charge in [0.15, 0.2) is 0 Å². The first-order valence-electron chi connectivity index (χ1n) is 7.61. The third-order valence-electron chi connectivity index (χ3n) is 4.74. The van der Waals surface area contributed by atoms with Crippen LogP contribution < -0.4 is 0 Å². The quantitative estimate of drug-likeness (QED) is 0.937. The summed E-state index contributed by atoms with van der Waals surface area (Å²) in [5.74, 6) is 0.899. The van der Waals surface area contributed by atoms with Crippen LogP contribution in [0.3, 0.4) is 0 Å². The number of nitrogens with zero attached hydrogens (tertiary/aromatic N) is 1. The lowest BCUT2D eigenvalue weighted by atomic mass is 9.95. The van der Waals surface area contributed by atoms with Crippen LogP contribution in [0, 0.1) is 0 Å². The van der Waals surface area contributed by atoms with Crippen molar-refractivity contribution in [1.29, 1.82) is 0 Å². The van der Waals surface area contributed by atoms with Gasteiger partial charge in [0.05, 0.1) is 5.69 Å². The number of phenolic OH excluding ortho intramolecular Hbond substituents is 1. The number of hydrogen-bond acceptors (Lipinski definition) is 4. The zero-order valence-corrected chi connectivity index (χ0v) is 12.7. The van der Waals surface area contributed by atoms with Gasteiger partial charge in [0.2, 0.25) is 0 Å². The van der Waals surface area contributed by atoms with E-state index in [1.54, 1.807) is 23.5 Å². The molecular formula is C17H19NO2S. The Morgan fingerprint density at radius 2 is 1.86 bits per heavy atom. The van der Waals surface area contributed by atoms with Gasteiger partial charge in [-0.25, -0.2) is 4.98 Å². The van der Waals surface area contributed by atoms with Crippen molar-refractivity contribution in [2.75, 3.05) is 13.2 Å². The van der Waals surface area contributed by atoms with Crippen LogP contribution in [0.2, 0.25) is 0 Å². The fourth-order valence-corrected chi connectivity index (χ4v) is 4.40. The van der Waals surface area contributed by atoms with E-state index in [2.05, 4.69) is 5.38 Å². The SMILES string of the molecule is Oc1ccc(C2(c3nc(C4CCOCC4)cs3)CC2)cc1. The van der Waals surface area contributed by atoms with E-state index in [0.29, 0.717) is 11.7 Å². The zero-order valence-electron chi connectivity index (χ0n) is 11.9. The Morgan fingerprint density at radius 1 is 1.14 bits per heavy atom. The van der Waals surface area contributed by atoms with E-state index in [1.807, 2.05) is 12.1 Å². The van der Waals surface area contributed by atoms with E-state index in [4.69, 9.17) is 9.72 Å². The standard InChI is InChI=1S/C17H19NO2S/c19-14-3-1-13(2-4-14)17(7-8-17)16-18-15(11-21-16)12-5-9-20-10-6-12/h1-4,11-12,19H,5-10H2. The number of phenols is 1. The second-order valence-electron chi connectivity index (χ2n) is 6.09. The molecule has 2 fully saturated rings. The summed E-state index contributed by atoms with van der Waals surface area (Å²) in [6.45, 7) is 1.72. The van der Waals surface area contributed by atoms with Crippen molar-refractivity contribution < 1.29 is 9.84 Å². The first kappa shape index (κ1) is 13.3. The molecule has 21 heavy (non-hydrogen) atoms. The summed E-state index contributed by atoms with van der Waals surface area (Å²) in [5, 5.41) is 12.9. The Labute approximate surface area is 128 Å². The molecule has 0 bridgehead atoms. The molecule has 1 aliphatic carbocycles. The largest absolute Gasteiger partial charge is 0.508 e. The lowest BCUT2D eigenvalue weighted by Crippen LogP contribution is -2.15. The fraction of sp³-hybridized carbons (Fsp3) is 0.471. The van der Waals surface area contributed by atoms with Crippen LogP contribution in [0.5, 0.6) is 5.75 Å². The molecule has 1 aliphatic heterocycles. The van der Waals surface area contributed by atoms with Crippen molar-refractivity contribution >= 4 is 11.3 Å². The average molecular weight is 301 g/mol. The molecule has 1 N–H and O–H groups in total. The molecule has 3 nitrogen and oxygen atoms in total. The highest BCUT2D eigenvalue weighted by Gasteiger charge is 2.48. The number of aromatic hydroxyl groups is 1. The van der Waals surface area contributed by atoms with Crippen LogP contribution in [0.4, 0.5) is 0 Å². The van der Waals surface area contributed by atoms with Crippen molar-refractivity contribution in [3.63, 3.8) is 0 Å². The molecule has 0 radical (unpaired) electrons. The van der Waals surface area contributed by atoms with Gasteiger partial charge in [0.25, 0.3) is 0 Å². The summed E-state index contributed by atoms with van der Waals surface area (Å²) in [7, 11) is 0. The molecule has 1 saturated carbocycles. The monoisotopic (exact) mass is 301 g/mol. The van der Waals surface area contributed by atoms with Crippen LogP contribution in [0.25, 0.3) is 0 Å². The summed E-state index contributed by atoms with van der Waals surface area (Å²) in [4.78, 5) is 4.97. The van der Waals surface area contributed by atoms with Gasteiger partial charge in [-0.3, -0.25) is 0 Å². The molecule has 0 unspecified atom stereocenters. The second kappa shape index (κ2) is 5.11. The molecule has 4 heteroatoms. The van der Waals surface area contributed by atoms with E-state index in [0.717, 1.165) is 26.1 Å². The maximum atomic E-state index is 9.46. The van der Waals surface area contributed by atoms with Gasteiger partial charge in [-0.05, 0) is 43.4 Å². The average Bonchev–Trinajstić information content (AvgIpc) is 3.19. The Bertz CT molecular complexity index is 624. The molecule has 0 amide bonds. The van der Waals surface area contributed by atoms with E-state index in [-0.39, 0.29) is 5.41 Å². The Balaban J connectivity index is 1.61. The lowest BCUT2D eigenvalue weighted by Gasteiger charge is -2.20. The van der Waals surface area contributed by atoms with E-state index in [1.165, 1.54) is 29.1 Å². The maximum Gasteiger partial charge on any atom is 0.115 e. The summed E-state index contributed by atoms with van der Waals surface area (Å²) in [5.41, 5.74) is 2.65. The summed E-state index contributed by atoms with van der Waals surface area (Å²) < 4.78 is 5.44. The predicted octanol–water partition coefficient (Wildman–Crippen LogP) is 3.82. The topological polar surface area (TPSA) is 42.4 Å². The first-order chi connectivity index (χ1) is 10.3. The molecule has 2 aromatic rings. The molecule has 0 spiro atoms. The highest BCUT2D eigenvalue weighted by molar-refractivity contribution is 7.09. The molecule has 1 saturated heterocycles. The van der Waals surface area contributed by atoms with Crippen LogP contribution in [-0.4, -0.2) is 23.3 Å². The minimum atomic E-state index is 0.113. The highest BCUT2D eigenvalue weighted by atomic mass is 32.1. The van der Waals surface area contributed by atoms with Crippen LogP contribution >= 0.6 is 11.3 Å². The minimum absolute atomic E-state index is 0.113. The number of thiazole rings is 1. The van der Waals surface area contributed by atoms with E-state index in [9.17, 15) is 5.11 Å². The van der Waals surface area contributed by atoms with Gasteiger partial charge >= 0.3 is 0 Å². The normalized spacial score (nSPS) is 21.3. The van der Waals surface area contributed by atoms with Gasteiger partial charge < -0.3 is 9.84 Å². The molecule has 0 atom stereocenters. The Morgan fingerprint density at radius 3 is 2.52 bits per heavy atom. The third-order valence-corrected chi connectivity index (χ3v) is 5.81. The smallest absolute Gasteiger partial charge is 0.115 e. The Hall–Kier alpha value is -1.39. The van der Waals surface area contributed by atoms with Gasteiger partial charge in [0.1, 0.15) is 10.8 Å². The predicted molar refractivity (Wildman–Crippen MR) is 83.0 cm³/mol. The van der Waals surface area contributed by atoms with Crippen molar-refractivity contribution in [1.82, 2.24) is 4.98 Å². The van der Waals surface area contributed by atoms with Gasteiger partial charge in [-0.1, -0.05) is 12.1 Å². The lowest BCUT2D eigenvalue weighted by molar-refractivity contribution is 0.0846. The van der Waals surface area contributed by atoms with Crippen LogP contribution in [0.15, 0.2) is 29.6 Å². The van der Waals surface area contributed by atoms with Gasteiger partial charge in [0, 0.05) is 29.9 Å². The molecule has 110 valence electrons. The molecule has 2 heterocycles. The number of benzene rings is 1. The molecule has 1 aromatic carbocycles.